The van der Waals surface area contributed by atoms with Crippen molar-refractivity contribution in [2.75, 3.05) is 7.11 Å². The van der Waals surface area contributed by atoms with Crippen molar-refractivity contribution in [1.82, 2.24) is 0 Å². The van der Waals surface area contributed by atoms with E-state index >= 15 is 0 Å². The highest BCUT2D eigenvalue weighted by Gasteiger charge is 2.06. The van der Waals surface area contributed by atoms with Crippen molar-refractivity contribution in [2.24, 2.45) is 0 Å². The molecule has 142 valence electrons. The predicted molar refractivity (Wildman–Crippen MR) is 111 cm³/mol. The molecular formula is C22H17ClO4S. The number of rotatable bonds is 7. The Morgan fingerprint density at radius 2 is 1.71 bits per heavy atom. The minimum Gasteiger partial charge on any atom is -0.489 e. The molecule has 0 aliphatic rings. The normalized spacial score (nSPS) is 10.8. The van der Waals surface area contributed by atoms with E-state index in [4.69, 9.17) is 16.3 Å². The van der Waals surface area contributed by atoms with Crippen LogP contribution in [0.3, 0.4) is 0 Å². The van der Waals surface area contributed by atoms with E-state index in [1.165, 1.54) is 24.5 Å². The van der Waals surface area contributed by atoms with E-state index in [2.05, 4.69) is 4.74 Å². The number of thiophene rings is 1. The van der Waals surface area contributed by atoms with Crippen LogP contribution in [0, 0.1) is 0 Å². The van der Waals surface area contributed by atoms with Gasteiger partial charge in [-0.05, 0) is 53.6 Å². The summed E-state index contributed by atoms with van der Waals surface area (Å²) < 4.78 is 11.0. The highest BCUT2D eigenvalue weighted by molar-refractivity contribution is 7.18. The second kappa shape index (κ2) is 9.35. The quantitative estimate of drug-likeness (QED) is 0.285. The van der Waals surface area contributed by atoms with Crippen LogP contribution in [0.15, 0.2) is 66.7 Å². The van der Waals surface area contributed by atoms with Gasteiger partial charge in [0.05, 0.1) is 21.9 Å². The number of halogens is 1. The molecule has 0 saturated carbocycles. The van der Waals surface area contributed by atoms with Crippen LogP contribution in [-0.4, -0.2) is 18.9 Å². The first-order valence-electron chi connectivity index (χ1n) is 8.43. The van der Waals surface area contributed by atoms with Crippen LogP contribution < -0.4 is 4.74 Å². The molecule has 6 heteroatoms. The summed E-state index contributed by atoms with van der Waals surface area (Å²) in [6.07, 6.45) is 3.28. The molecule has 0 bridgehead atoms. The number of carbonyl (C=O) groups is 2. The molecule has 0 spiro atoms. The summed E-state index contributed by atoms with van der Waals surface area (Å²) >= 11 is 7.11. The van der Waals surface area contributed by atoms with Crippen molar-refractivity contribution < 1.29 is 19.1 Å². The van der Waals surface area contributed by atoms with Crippen molar-refractivity contribution in [2.45, 2.75) is 6.61 Å². The van der Waals surface area contributed by atoms with Crippen LogP contribution in [-0.2, 0) is 11.3 Å². The second-order valence-corrected chi connectivity index (χ2v) is 7.56. The van der Waals surface area contributed by atoms with Gasteiger partial charge in [-0.2, -0.15) is 0 Å². The Hall–Kier alpha value is -2.89. The van der Waals surface area contributed by atoms with Crippen LogP contribution in [0.1, 0.15) is 31.2 Å². The molecule has 0 amide bonds. The minimum absolute atomic E-state index is 0.0763. The lowest BCUT2D eigenvalue weighted by molar-refractivity contribution is 0.0600. The lowest BCUT2D eigenvalue weighted by Crippen LogP contribution is -2.01. The molecule has 0 saturated heterocycles. The van der Waals surface area contributed by atoms with Gasteiger partial charge in [0.25, 0.3) is 0 Å². The molecular weight excluding hydrogens is 396 g/mol. The molecule has 3 aromatic rings. The van der Waals surface area contributed by atoms with Gasteiger partial charge >= 0.3 is 5.97 Å². The standard InChI is InChI=1S/C22H17ClO4S/c1-26-22(25)17-7-2-16(3-8-17)14-27-18-9-4-15(5-10-18)6-11-19(24)20-12-13-21(23)28-20/h2-13H,14H2,1H3. The Kier molecular flexibility index (Phi) is 6.63. The van der Waals surface area contributed by atoms with Crippen molar-refractivity contribution in [3.05, 3.63) is 92.6 Å². The molecule has 0 aliphatic heterocycles. The first-order valence-corrected chi connectivity index (χ1v) is 9.62. The number of carbonyl (C=O) groups excluding carboxylic acids is 2. The molecule has 28 heavy (non-hydrogen) atoms. The van der Waals surface area contributed by atoms with Crippen LogP contribution in [0.2, 0.25) is 4.34 Å². The summed E-state index contributed by atoms with van der Waals surface area (Å²) in [5.41, 5.74) is 2.34. The fraction of sp³-hybridized carbons (Fsp3) is 0.0909. The zero-order valence-electron chi connectivity index (χ0n) is 15.1. The Morgan fingerprint density at radius 3 is 2.32 bits per heavy atom. The summed E-state index contributed by atoms with van der Waals surface area (Å²) in [7, 11) is 1.35. The molecule has 0 fully saturated rings. The third kappa shape index (κ3) is 5.31. The van der Waals surface area contributed by atoms with E-state index < -0.39 is 0 Å². The van der Waals surface area contributed by atoms with Gasteiger partial charge < -0.3 is 9.47 Å². The van der Waals surface area contributed by atoms with Crippen LogP contribution in [0.4, 0.5) is 0 Å². The van der Waals surface area contributed by atoms with Crippen molar-refractivity contribution in [3.63, 3.8) is 0 Å². The van der Waals surface area contributed by atoms with E-state index in [1.807, 2.05) is 36.4 Å². The molecule has 0 N–H and O–H groups in total. The largest absolute Gasteiger partial charge is 0.489 e. The van der Waals surface area contributed by atoms with Gasteiger partial charge in [-0.25, -0.2) is 4.79 Å². The molecule has 1 aromatic heterocycles. The number of esters is 1. The third-order valence-corrected chi connectivity index (χ3v) is 5.15. The minimum atomic E-state index is -0.364. The molecule has 4 nitrogen and oxygen atoms in total. The van der Waals surface area contributed by atoms with Crippen molar-refractivity contribution in [1.29, 1.82) is 0 Å². The summed E-state index contributed by atoms with van der Waals surface area (Å²) in [4.78, 5) is 24.1. The smallest absolute Gasteiger partial charge is 0.337 e. The maximum absolute atomic E-state index is 12.1. The SMILES string of the molecule is COC(=O)c1ccc(COc2ccc(C=CC(=O)c3ccc(Cl)s3)cc2)cc1. The van der Waals surface area contributed by atoms with Crippen LogP contribution >= 0.6 is 22.9 Å². The second-order valence-electron chi connectivity index (χ2n) is 5.85. The predicted octanol–water partition coefficient (Wildman–Crippen LogP) is 5.66. The number of ether oxygens (including phenoxy) is 2. The zero-order valence-corrected chi connectivity index (χ0v) is 16.6. The van der Waals surface area contributed by atoms with Crippen LogP contribution in [0.25, 0.3) is 6.08 Å². The average Bonchev–Trinajstić information content (AvgIpc) is 3.17. The summed E-state index contributed by atoms with van der Waals surface area (Å²) in [5.74, 6) is 0.273. The first kappa shape index (κ1) is 19.9. The highest BCUT2D eigenvalue weighted by atomic mass is 35.5. The summed E-state index contributed by atoms with van der Waals surface area (Å²) in [6.45, 7) is 0.383. The average molecular weight is 413 g/mol. The first-order chi connectivity index (χ1) is 13.5. The van der Waals surface area contributed by atoms with Gasteiger partial charge in [-0.15, -0.1) is 11.3 Å². The van der Waals surface area contributed by atoms with E-state index in [0.717, 1.165) is 11.1 Å². The van der Waals surface area contributed by atoms with E-state index in [0.29, 0.717) is 27.1 Å². The molecule has 2 aromatic carbocycles. The lowest BCUT2D eigenvalue weighted by Gasteiger charge is -2.07. The molecule has 1 heterocycles. The number of methoxy groups -OCH3 is 1. The molecule has 0 unspecified atom stereocenters. The van der Waals surface area contributed by atoms with Crippen LogP contribution in [0.5, 0.6) is 5.75 Å². The fourth-order valence-corrected chi connectivity index (χ4v) is 3.36. The Bertz CT molecular complexity index is 988. The molecule has 0 atom stereocenters. The fourth-order valence-electron chi connectivity index (χ4n) is 2.40. The van der Waals surface area contributed by atoms with Gasteiger partial charge in [0.15, 0.2) is 5.78 Å². The lowest BCUT2D eigenvalue weighted by atomic mass is 10.1. The third-order valence-electron chi connectivity index (χ3n) is 3.90. The van der Waals surface area contributed by atoms with Gasteiger partial charge in [0.2, 0.25) is 0 Å². The number of ketones is 1. The van der Waals surface area contributed by atoms with Gasteiger partial charge in [0, 0.05) is 0 Å². The number of hydrogen-bond donors (Lipinski definition) is 0. The number of hydrogen-bond acceptors (Lipinski definition) is 5. The Labute approximate surface area is 172 Å². The van der Waals surface area contributed by atoms with Gasteiger partial charge in [-0.1, -0.05) is 41.9 Å². The van der Waals surface area contributed by atoms with Crippen molar-refractivity contribution >= 4 is 40.8 Å². The van der Waals surface area contributed by atoms with Crippen molar-refractivity contribution in [3.8, 4) is 5.75 Å². The maximum atomic E-state index is 12.1. The zero-order chi connectivity index (χ0) is 19.9. The summed E-state index contributed by atoms with van der Waals surface area (Å²) in [5, 5.41) is 0. The summed E-state index contributed by atoms with van der Waals surface area (Å²) in [6, 6.07) is 17.9. The van der Waals surface area contributed by atoms with Gasteiger partial charge in [-0.3, -0.25) is 4.79 Å². The monoisotopic (exact) mass is 412 g/mol. The van der Waals surface area contributed by atoms with E-state index in [1.54, 1.807) is 30.3 Å². The van der Waals surface area contributed by atoms with E-state index in [-0.39, 0.29) is 11.8 Å². The number of allylic oxidation sites excluding steroid dienone is 1. The molecule has 3 rings (SSSR count). The van der Waals surface area contributed by atoms with E-state index in [9.17, 15) is 9.59 Å². The van der Waals surface area contributed by atoms with Gasteiger partial charge in [0.1, 0.15) is 12.4 Å². The topological polar surface area (TPSA) is 52.6 Å². The number of benzene rings is 2. The highest BCUT2D eigenvalue weighted by Crippen LogP contribution is 2.22. The Morgan fingerprint density at radius 1 is 1.00 bits per heavy atom. The Balaban J connectivity index is 1.55. The molecule has 0 aliphatic carbocycles. The molecule has 0 radical (unpaired) electrons. The maximum Gasteiger partial charge on any atom is 0.337 e.